The van der Waals surface area contributed by atoms with Crippen LogP contribution in [0.4, 0.5) is 5.82 Å². The zero-order valence-electron chi connectivity index (χ0n) is 12.4. The van der Waals surface area contributed by atoms with Gasteiger partial charge in [0.2, 0.25) is 0 Å². The number of carbonyl (C=O) groups is 1. The summed E-state index contributed by atoms with van der Waals surface area (Å²) >= 11 is 1.74. The summed E-state index contributed by atoms with van der Waals surface area (Å²) in [7, 11) is 3.66. The Kier molecular flexibility index (Phi) is 6.15. The summed E-state index contributed by atoms with van der Waals surface area (Å²) in [6, 6.07) is 3.70. The van der Waals surface area contributed by atoms with Crippen LogP contribution in [0.2, 0.25) is 0 Å². The highest BCUT2D eigenvalue weighted by Gasteiger charge is 2.14. The van der Waals surface area contributed by atoms with Gasteiger partial charge in [-0.1, -0.05) is 13.8 Å². The van der Waals surface area contributed by atoms with Crippen LogP contribution in [0.1, 0.15) is 35.8 Å². The van der Waals surface area contributed by atoms with Gasteiger partial charge < -0.3 is 10.2 Å². The Hall–Kier alpha value is -1.23. The van der Waals surface area contributed by atoms with E-state index in [-0.39, 0.29) is 5.91 Å². The van der Waals surface area contributed by atoms with Crippen LogP contribution in [-0.4, -0.2) is 48.4 Å². The number of aromatic nitrogens is 1. The molecule has 106 valence electrons. The average Bonchev–Trinajstić information content (AvgIpc) is 2.43. The van der Waals surface area contributed by atoms with Gasteiger partial charge in [0.15, 0.2) is 0 Å². The maximum absolute atomic E-state index is 12.4. The number of amides is 1. The van der Waals surface area contributed by atoms with Crippen LogP contribution >= 0.6 is 11.8 Å². The fourth-order valence-corrected chi connectivity index (χ4v) is 2.11. The highest BCUT2D eigenvalue weighted by Crippen LogP contribution is 2.18. The van der Waals surface area contributed by atoms with Gasteiger partial charge in [0, 0.05) is 37.7 Å². The first-order chi connectivity index (χ1) is 8.99. The maximum atomic E-state index is 12.4. The molecule has 0 spiro atoms. The molecule has 4 nitrogen and oxygen atoms in total. The first-order valence-electron chi connectivity index (χ1n) is 6.43. The summed E-state index contributed by atoms with van der Waals surface area (Å²) in [4.78, 5) is 18.6. The summed E-state index contributed by atoms with van der Waals surface area (Å²) in [6.07, 6.45) is 2.04. The summed E-state index contributed by atoms with van der Waals surface area (Å²) in [5.74, 6) is 2.04. The Morgan fingerprint density at radius 1 is 1.47 bits per heavy atom. The molecule has 1 aromatic rings. The molecule has 0 saturated carbocycles. The van der Waals surface area contributed by atoms with Crippen molar-refractivity contribution in [2.45, 2.75) is 19.8 Å². The van der Waals surface area contributed by atoms with E-state index in [0.29, 0.717) is 11.5 Å². The Balaban J connectivity index is 2.98. The molecular formula is C14H23N3OS. The molecule has 0 aromatic carbocycles. The predicted octanol–water partition coefficient (Wildman–Crippen LogP) is 2.68. The van der Waals surface area contributed by atoms with E-state index in [2.05, 4.69) is 24.1 Å². The average molecular weight is 281 g/mol. The maximum Gasteiger partial charge on any atom is 0.253 e. The zero-order chi connectivity index (χ0) is 14.4. The molecule has 0 aliphatic carbocycles. The molecule has 0 saturated heterocycles. The first kappa shape index (κ1) is 15.8. The molecule has 0 fully saturated rings. The van der Waals surface area contributed by atoms with Gasteiger partial charge in [0.1, 0.15) is 5.82 Å². The Bertz CT molecular complexity index is 435. The Labute approximate surface area is 120 Å². The quantitative estimate of drug-likeness (QED) is 0.871. The minimum absolute atomic E-state index is 0.0508. The number of nitrogens with zero attached hydrogens (tertiary/aromatic N) is 2. The molecule has 1 N–H and O–H groups in total. The van der Waals surface area contributed by atoms with E-state index in [1.165, 1.54) is 0 Å². The summed E-state index contributed by atoms with van der Waals surface area (Å²) in [6.45, 7) is 4.91. The van der Waals surface area contributed by atoms with Gasteiger partial charge in [-0.25, -0.2) is 4.98 Å². The lowest BCUT2D eigenvalue weighted by atomic mass is 10.1. The molecule has 0 radical (unpaired) electrons. The van der Waals surface area contributed by atoms with Gasteiger partial charge >= 0.3 is 0 Å². The van der Waals surface area contributed by atoms with Crippen LogP contribution in [0.25, 0.3) is 0 Å². The molecule has 1 heterocycles. The van der Waals surface area contributed by atoms with Gasteiger partial charge in [-0.3, -0.25) is 4.79 Å². The van der Waals surface area contributed by atoms with Crippen molar-refractivity contribution >= 4 is 23.5 Å². The second-order valence-corrected chi connectivity index (χ2v) is 5.78. The first-order valence-corrected chi connectivity index (χ1v) is 7.83. The van der Waals surface area contributed by atoms with E-state index < -0.39 is 0 Å². The largest absolute Gasteiger partial charge is 0.373 e. The van der Waals surface area contributed by atoms with Crippen molar-refractivity contribution < 1.29 is 4.79 Å². The molecule has 1 aromatic heterocycles. The number of hydrogen-bond acceptors (Lipinski definition) is 4. The third kappa shape index (κ3) is 4.42. The molecule has 0 atom stereocenters. The van der Waals surface area contributed by atoms with Gasteiger partial charge in [-0.05, 0) is 24.3 Å². The predicted molar refractivity (Wildman–Crippen MR) is 83.2 cm³/mol. The van der Waals surface area contributed by atoms with Gasteiger partial charge in [0.25, 0.3) is 5.91 Å². The van der Waals surface area contributed by atoms with E-state index >= 15 is 0 Å². The number of nitrogens with one attached hydrogen (secondary N) is 1. The highest BCUT2D eigenvalue weighted by atomic mass is 32.2. The number of hydrogen-bond donors (Lipinski definition) is 1. The number of carbonyl (C=O) groups excluding carboxylic acids is 1. The van der Waals surface area contributed by atoms with Crippen LogP contribution in [0.3, 0.4) is 0 Å². The monoisotopic (exact) mass is 281 g/mol. The number of pyridine rings is 1. The standard InChI is InChI=1S/C14H23N3OS/c1-10(2)12-8-11(9-13(15-3)16-12)14(18)17(4)6-7-19-5/h8-10H,6-7H2,1-5H3,(H,15,16). The fourth-order valence-electron chi connectivity index (χ4n) is 1.65. The van der Waals surface area contributed by atoms with E-state index in [9.17, 15) is 4.79 Å². The second kappa shape index (κ2) is 7.38. The van der Waals surface area contributed by atoms with E-state index in [4.69, 9.17) is 0 Å². The van der Waals surface area contributed by atoms with Crippen molar-refractivity contribution in [3.05, 3.63) is 23.4 Å². The van der Waals surface area contributed by atoms with Crippen molar-refractivity contribution in [1.29, 1.82) is 0 Å². The van der Waals surface area contributed by atoms with Crippen molar-refractivity contribution in [3.63, 3.8) is 0 Å². The summed E-state index contributed by atoms with van der Waals surface area (Å²) in [5, 5.41) is 3.01. The van der Waals surface area contributed by atoms with E-state index in [0.717, 1.165) is 23.8 Å². The summed E-state index contributed by atoms with van der Waals surface area (Å²) < 4.78 is 0. The van der Waals surface area contributed by atoms with Gasteiger partial charge in [-0.2, -0.15) is 11.8 Å². The van der Waals surface area contributed by atoms with Crippen LogP contribution in [0.15, 0.2) is 12.1 Å². The molecule has 0 aliphatic heterocycles. The lowest BCUT2D eigenvalue weighted by molar-refractivity contribution is 0.0803. The topological polar surface area (TPSA) is 45.2 Å². The Morgan fingerprint density at radius 2 is 2.16 bits per heavy atom. The minimum Gasteiger partial charge on any atom is -0.373 e. The van der Waals surface area contributed by atoms with Crippen molar-refractivity contribution in [2.75, 3.05) is 38.0 Å². The number of thioether (sulfide) groups is 1. The minimum atomic E-state index is 0.0508. The molecule has 5 heteroatoms. The van der Waals surface area contributed by atoms with Crippen molar-refractivity contribution in [1.82, 2.24) is 9.88 Å². The molecule has 0 aliphatic rings. The molecule has 0 bridgehead atoms. The van der Waals surface area contributed by atoms with E-state index in [1.54, 1.807) is 16.7 Å². The van der Waals surface area contributed by atoms with Crippen LogP contribution in [0.5, 0.6) is 0 Å². The van der Waals surface area contributed by atoms with Crippen molar-refractivity contribution in [3.8, 4) is 0 Å². The third-order valence-corrected chi connectivity index (χ3v) is 3.51. The number of anilines is 1. The lowest BCUT2D eigenvalue weighted by Gasteiger charge is -2.18. The molecule has 1 amide bonds. The second-order valence-electron chi connectivity index (χ2n) is 4.79. The highest BCUT2D eigenvalue weighted by molar-refractivity contribution is 7.98. The molecular weight excluding hydrogens is 258 g/mol. The van der Waals surface area contributed by atoms with Crippen LogP contribution in [0, 0.1) is 0 Å². The lowest BCUT2D eigenvalue weighted by Crippen LogP contribution is -2.29. The smallest absolute Gasteiger partial charge is 0.253 e. The van der Waals surface area contributed by atoms with E-state index in [1.807, 2.05) is 32.5 Å². The molecule has 19 heavy (non-hydrogen) atoms. The van der Waals surface area contributed by atoms with Gasteiger partial charge in [-0.15, -0.1) is 0 Å². The zero-order valence-corrected chi connectivity index (χ0v) is 13.2. The normalized spacial score (nSPS) is 10.6. The third-order valence-electron chi connectivity index (χ3n) is 2.92. The summed E-state index contributed by atoms with van der Waals surface area (Å²) in [5.41, 5.74) is 1.64. The van der Waals surface area contributed by atoms with Crippen LogP contribution < -0.4 is 5.32 Å². The number of rotatable bonds is 6. The van der Waals surface area contributed by atoms with Crippen LogP contribution in [-0.2, 0) is 0 Å². The molecule has 0 unspecified atom stereocenters. The Morgan fingerprint density at radius 3 is 2.68 bits per heavy atom. The van der Waals surface area contributed by atoms with Gasteiger partial charge in [0.05, 0.1) is 0 Å². The molecule has 1 rings (SSSR count). The van der Waals surface area contributed by atoms with Crippen molar-refractivity contribution in [2.24, 2.45) is 0 Å². The fraction of sp³-hybridized carbons (Fsp3) is 0.571. The SMILES string of the molecule is CNc1cc(C(=O)N(C)CCSC)cc(C(C)C)n1.